The number of phosphoric ester groups is 1. The van der Waals surface area contributed by atoms with E-state index in [0.717, 1.165) is 46.0 Å². The SMILES string of the molecule is CCN1c2cc3c(cc2C(C)=CC1(C)C)C(=CC=CC=CC1=[N+](CCCS(=O)(=O)O)c2ccc(S(=O)(=O)O)cc2C1(C)CCCC(=O)NCCNC(=O)O[C@@H]1[C@H](O)[C@@H](COP(=O)(O)OP(=O)(O)O)O[C@H]1[n+]1cn(C)c2c(=O)[nH]c(N)nc21)C=C(C(C)(C)C)O3. The Bertz CT molecular complexity index is 4070. The smallest absolute Gasteiger partial charge is 0.460 e. The van der Waals surface area contributed by atoms with Crippen molar-refractivity contribution in [2.45, 2.75) is 121 Å². The van der Waals surface area contributed by atoms with E-state index in [1.807, 2.05) is 35.8 Å². The lowest BCUT2D eigenvalue weighted by atomic mass is 9.75. The zero-order valence-electron chi connectivity index (χ0n) is 50.3. The van der Waals surface area contributed by atoms with Crippen LogP contribution in [0.15, 0.2) is 94.6 Å². The molecule has 0 radical (unpaired) electrons. The number of aliphatic hydroxyl groups excluding tert-OH is 1. The first-order valence-corrected chi connectivity index (χ1v) is 34.3. The zero-order valence-corrected chi connectivity index (χ0v) is 53.7. The highest BCUT2D eigenvalue weighted by Gasteiger charge is 2.52. The Labute approximate surface area is 513 Å². The molecule has 0 bridgehead atoms. The molecule has 89 heavy (non-hydrogen) atoms. The van der Waals surface area contributed by atoms with E-state index in [1.54, 1.807) is 12.2 Å². The summed E-state index contributed by atoms with van der Waals surface area (Å²) in [6.45, 7) is 16.0. The summed E-state index contributed by atoms with van der Waals surface area (Å²) < 4.78 is 123. The average molecular weight is 1320 g/mol. The number of hydrogen-bond acceptors (Lipinski definition) is 18. The second-order valence-corrected chi connectivity index (χ2v) is 29.5. The Morgan fingerprint density at radius 1 is 1.00 bits per heavy atom. The van der Waals surface area contributed by atoms with Gasteiger partial charge in [0.2, 0.25) is 23.3 Å². The number of phosphoric acid groups is 2. The largest absolute Gasteiger partial charge is 0.481 e. The van der Waals surface area contributed by atoms with Gasteiger partial charge in [0.15, 0.2) is 18.1 Å². The number of allylic oxidation sites excluding steroid dienone is 9. The fourth-order valence-electron chi connectivity index (χ4n) is 11.5. The minimum Gasteiger partial charge on any atom is -0.460 e. The standard InChI is InChI=1S/C56H73N9O20P2S2/c1-10-65-40-29-41-37(28-36(40)33(2)30-55(65,6)7)34(26-44(82-41)54(3,4)5)16-12-11-13-17-43-56(8,38-27-35(89(78,79)80)19-20-39(38)63(43)24-15-25-88(75,76)77)21-14-18-45(66)58-22-23-59-53(69)84-48-47(67)42(31-81-87(73,74)85-86(70,71)72)83-51(48)64-32-62(9)46-49(64)60-52(57)61-50(46)68/h11-13,16-17,19-20,26-30,32,42,47-48,51,67H,10,14-15,18,21-25,31H2,1-9H3,(H8-2,57,58,59,60,61,66,68,69,70,71,72,73,74,75,76,77,78,79,80)/p+2/t42-,47-,48-,51-,56?/m1/s1. The summed E-state index contributed by atoms with van der Waals surface area (Å²) in [7, 11) is -18.6. The predicted octanol–water partition coefficient (Wildman–Crippen LogP) is 5.12. The number of fused-ring (bicyclic) bond motifs is 4. The molecule has 6 atom stereocenters. The van der Waals surface area contributed by atoms with Crippen molar-refractivity contribution in [2.24, 2.45) is 12.5 Å². The Hall–Kier alpha value is -6.70. The van der Waals surface area contributed by atoms with E-state index in [4.69, 9.17) is 29.7 Å². The number of benzene rings is 2. The van der Waals surface area contributed by atoms with Gasteiger partial charge in [0, 0.05) is 78.5 Å². The number of rotatable bonds is 23. The molecular formula is C56H75N9O20P2S2+2. The average Bonchev–Trinajstić information content (AvgIpc) is 1.76. The van der Waals surface area contributed by atoms with Gasteiger partial charge >= 0.3 is 27.4 Å². The summed E-state index contributed by atoms with van der Waals surface area (Å²) in [5.74, 6) is 0.127. The minimum atomic E-state index is -5.54. The van der Waals surface area contributed by atoms with Crippen molar-refractivity contribution in [3.63, 3.8) is 0 Å². The van der Waals surface area contributed by atoms with E-state index in [0.29, 0.717) is 17.0 Å². The van der Waals surface area contributed by atoms with Gasteiger partial charge < -0.3 is 55.3 Å². The molecule has 2 aromatic heterocycles. The number of aromatic nitrogens is 4. The summed E-state index contributed by atoms with van der Waals surface area (Å²) in [6.07, 6.45) is 7.16. The van der Waals surface area contributed by atoms with Gasteiger partial charge in [-0.3, -0.25) is 32.8 Å². The third kappa shape index (κ3) is 15.7. The number of alkyl carbamates (subject to hydrolysis) is 1. The van der Waals surface area contributed by atoms with Crippen molar-refractivity contribution < 1.29 is 96.6 Å². The molecule has 33 heteroatoms. The first-order valence-electron chi connectivity index (χ1n) is 28.2. The van der Waals surface area contributed by atoms with Crippen LogP contribution in [0, 0.1) is 5.41 Å². The second-order valence-electron chi connectivity index (χ2n) is 23.6. The van der Waals surface area contributed by atoms with Crippen LogP contribution in [0.25, 0.3) is 22.3 Å². The maximum absolute atomic E-state index is 13.5. The van der Waals surface area contributed by atoms with Gasteiger partial charge in [-0.15, -0.1) is 0 Å². The lowest BCUT2D eigenvalue weighted by Crippen LogP contribution is -2.49. The Balaban J connectivity index is 0.984. The molecule has 0 spiro atoms. The van der Waals surface area contributed by atoms with E-state index >= 15 is 0 Å². The van der Waals surface area contributed by atoms with Crippen LogP contribution in [0.1, 0.15) is 104 Å². The number of likely N-dealkylation sites (N-methyl/N-ethyl adjacent to an activating group) is 1. The molecule has 8 rings (SSSR count). The zero-order chi connectivity index (χ0) is 65.6. The number of imidazole rings is 1. The van der Waals surface area contributed by atoms with E-state index in [-0.39, 0.29) is 73.4 Å². The number of aryl methyl sites for hydroxylation is 1. The van der Waals surface area contributed by atoms with Gasteiger partial charge in [0.25, 0.3) is 31.7 Å². The van der Waals surface area contributed by atoms with Gasteiger partial charge in [-0.05, 0) is 82.9 Å². The molecule has 2 aromatic carbocycles. The lowest BCUT2D eigenvalue weighted by molar-refractivity contribution is -0.745. The number of nitrogen functional groups attached to an aromatic ring is 1. The fraction of sp³-hybridized carbons (Fsp3) is 0.464. The van der Waals surface area contributed by atoms with Crippen molar-refractivity contribution in [1.29, 1.82) is 0 Å². The monoisotopic (exact) mass is 1320 g/mol. The van der Waals surface area contributed by atoms with E-state index < -0.39 is 101 Å². The Kier molecular flexibility index (Phi) is 19.8. The van der Waals surface area contributed by atoms with E-state index in [2.05, 4.69) is 101 Å². The molecule has 1 saturated heterocycles. The number of nitrogens with one attached hydrogen (secondary N) is 3. The highest BCUT2D eigenvalue weighted by Crippen LogP contribution is 2.58. The molecule has 484 valence electrons. The van der Waals surface area contributed by atoms with Gasteiger partial charge in [-0.1, -0.05) is 56.1 Å². The van der Waals surface area contributed by atoms with Crippen LogP contribution < -0.4 is 36.1 Å². The Morgan fingerprint density at radius 2 is 1.71 bits per heavy atom. The normalized spacial score (nSPS) is 22.2. The van der Waals surface area contributed by atoms with Crippen molar-refractivity contribution in [2.75, 3.05) is 49.2 Å². The molecule has 0 aliphatic carbocycles. The van der Waals surface area contributed by atoms with Gasteiger partial charge in [0.05, 0.1) is 35.3 Å². The maximum Gasteiger partial charge on any atom is 0.481 e. The number of amides is 2. The number of nitrogens with zero attached hydrogens (tertiary/aromatic N) is 5. The minimum absolute atomic E-state index is 0.0347. The number of nitrogens with two attached hydrogens (primary N) is 1. The molecule has 6 heterocycles. The van der Waals surface area contributed by atoms with Gasteiger partial charge in [0.1, 0.15) is 30.3 Å². The first kappa shape index (κ1) is 68.2. The van der Waals surface area contributed by atoms with Crippen LogP contribution in [-0.2, 0) is 64.9 Å². The van der Waals surface area contributed by atoms with Crippen molar-refractivity contribution in [3.8, 4) is 5.75 Å². The van der Waals surface area contributed by atoms with E-state index in [9.17, 15) is 59.5 Å². The summed E-state index contributed by atoms with van der Waals surface area (Å²) >= 11 is 0. The van der Waals surface area contributed by atoms with Crippen LogP contribution in [-0.4, -0.2) is 145 Å². The third-order valence-corrected chi connectivity index (χ3v) is 19.3. The van der Waals surface area contributed by atoms with Crippen molar-refractivity contribution >= 4 is 93.2 Å². The topological polar surface area (TPSA) is 415 Å². The molecule has 4 aliphatic rings. The molecular weight excluding hydrogens is 1240 g/mol. The fourth-order valence-corrected chi connectivity index (χ4v) is 14.1. The number of hydrogen-bond donors (Lipinski definition) is 10. The number of ether oxygens (including phenoxy) is 3. The summed E-state index contributed by atoms with van der Waals surface area (Å²) in [6, 6.07) is 8.33. The van der Waals surface area contributed by atoms with Gasteiger partial charge in [-0.25, -0.2) is 18.5 Å². The quantitative estimate of drug-likeness (QED) is 0.0151. The number of aliphatic hydroxyl groups is 1. The van der Waals surface area contributed by atoms with Crippen molar-refractivity contribution in [1.82, 2.24) is 25.2 Å². The first-order chi connectivity index (χ1) is 41.3. The number of H-pyrrole nitrogens is 1. The van der Waals surface area contributed by atoms with Gasteiger partial charge in [-0.2, -0.15) is 25.7 Å². The lowest BCUT2D eigenvalue weighted by Gasteiger charge is -2.43. The number of carbonyl (C=O) groups excluding carboxylic acids is 2. The molecule has 11 N–H and O–H groups in total. The second kappa shape index (κ2) is 25.9. The molecule has 0 saturated carbocycles. The summed E-state index contributed by atoms with van der Waals surface area (Å²) in [5, 5.41) is 16.5. The number of carbonyl (C=O) groups is 2. The summed E-state index contributed by atoms with van der Waals surface area (Å²) in [4.78, 5) is 76.0. The predicted molar refractivity (Wildman–Crippen MR) is 326 cm³/mol. The van der Waals surface area contributed by atoms with Crippen LogP contribution in [0.4, 0.5) is 22.1 Å². The molecule has 4 aliphatic heterocycles. The molecule has 2 amide bonds. The van der Waals surface area contributed by atoms with E-state index in [1.165, 1.54) is 40.7 Å². The highest BCUT2D eigenvalue weighted by molar-refractivity contribution is 7.86. The maximum atomic E-state index is 13.5. The van der Waals surface area contributed by atoms with Crippen molar-refractivity contribution in [3.05, 3.63) is 112 Å². The number of anilines is 2. The van der Waals surface area contributed by atoms with Crippen LogP contribution in [0.3, 0.4) is 0 Å². The van der Waals surface area contributed by atoms with Crippen LogP contribution in [0.5, 0.6) is 5.75 Å². The Morgan fingerprint density at radius 3 is 2.37 bits per heavy atom. The summed E-state index contributed by atoms with van der Waals surface area (Å²) in [5.41, 5.74) is 10.0. The highest BCUT2D eigenvalue weighted by atomic mass is 32.2. The van der Waals surface area contributed by atoms with Crippen LogP contribution in [0.2, 0.25) is 0 Å². The molecule has 2 unspecified atom stereocenters. The molecule has 4 aromatic rings. The number of aromatic amines is 1. The van der Waals surface area contributed by atoms with Crippen LogP contribution >= 0.6 is 15.6 Å². The molecule has 29 nitrogen and oxygen atoms in total. The third-order valence-electron chi connectivity index (χ3n) is 15.5. The molecule has 1 fully saturated rings.